The molecule has 0 bridgehead atoms. The van der Waals surface area contributed by atoms with Crippen LogP contribution in [0.15, 0.2) is 36.3 Å². The predicted octanol–water partition coefficient (Wildman–Crippen LogP) is 2.14. The van der Waals surface area contributed by atoms with Crippen LogP contribution in [0, 0.1) is 0 Å². The van der Waals surface area contributed by atoms with E-state index < -0.39 is 0 Å². The van der Waals surface area contributed by atoms with Gasteiger partial charge < -0.3 is 9.80 Å². The number of hydrogen-bond acceptors (Lipinski definition) is 2. The highest BCUT2D eigenvalue weighted by molar-refractivity contribution is 5.29. The summed E-state index contributed by atoms with van der Waals surface area (Å²) in [7, 11) is 2.08. The Hall–Kier alpha value is -1.18. The van der Waals surface area contributed by atoms with Crippen LogP contribution in [0.1, 0.15) is 13.8 Å². The highest BCUT2D eigenvalue weighted by Gasteiger charge is 2.14. The molecule has 2 aliphatic rings. The monoisotopic (exact) mass is 164 g/mol. The van der Waals surface area contributed by atoms with Crippen molar-refractivity contribution >= 4 is 0 Å². The number of fused-ring (bicyclic) bond motifs is 1. The molecule has 12 heavy (non-hydrogen) atoms. The summed E-state index contributed by atoms with van der Waals surface area (Å²) < 4.78 is 0. The van der Waals surface area contributed by atoms with E-state index >= 15 is 0 Å². The smallest absolute Gasteiger partial charge is 0.0939 e. The lowest BCUT2D eigenvalue weighted by Gasteiger charge is -2.17. The number of allylic oxidation sites excluding steroid dienone is 3. The van der Waals surface area contributed by atoms with E-state index in [1.165, 1.54) is 5.70 Å². The summed E-state index contributed by atoms with van der Waals surface area (Å²) in [5.74, 6) is 0. The maximum Gasteiger partial charge on any atom is 0.0939 e. The van der Waals surface area contributed by atoms with Crippen LogP contribution < -0.4 is 0 Å². The molecule has 2 rings (SSSR count). The molecule has 0 amide bonds. The van der Waals surface area contributed by atoms with Gasteiger partial charge in [0.2, 0.25) is 0 Å². The molecule has 0 saturated carbocycles. The van der Waals surface area contributed by atoms with Gasteiger partial charge in [-0.2, -0.15) is 0 Å². The predicted molar refractivity (Wildman–Crippen MR) is 52.2 cm³/mol. The molecule has 0 spiro atoms. The van der Waals surface area contributed by atoms with Crippen molar-refractivity contribution in [3.63, 3.8) is 0 Å². The van der Waals surface area contributed by atoms with Crippen LogP contribution in [0.2, 0.25) is 0 Å². The van der Waals surface area contributed by atoms with Crippen LogP contribution >= 0.6 is 0 Å². The summed E-state index contributed by atoms with van der Waals surface area (Å²) in [6.45, 7) is 4.98. The lowest BCUT2D eigenvalue weighted by molar-refractivity contribution is 0.356. The number of nitrogens with zero attached hydrogens (tertiary/aromatic N) is 2. The van der Waals surface area contributed by atoms with Gasteiger partial charge in [-0.15, -0.1) is 0 Å². The Bertz CT molecular complexity index is 226. The van der Waals surface area contributed by atoms with E-state index in [2.05, 4.69) is 47.5 Å². The molecule has 2 aliphatic heterocycles. The highest BCUT2D eigenvalue weighted by atomic mass is 15.3. The van der Waals surface area contributed by atoms with E-state index in [1.54, 1.807) is 0 Å². The Labute approximate surface area is 74.5 Å². The maximum absolute atomic E-state index is 2.21. The lowest BCUT2D eigenvalue weighted by atomic mass is 10.3. The molecule has 0 unspecified atom stereocenters. The fourth-order valence-electron chi connectivity index (χ4n) is 1.24. The van der Waals surface area contributed by atoms with Gasteiger partial charge in [0, 0.05) is 19.4 Å². The van der Waals surface area contributed by atoms with E-state index in [0.717, 1.165) is 6.67 Å². The third-order valence-corrected chi connectivity index (χ3v) is 1.70. The fraction of sp³-hybridized carbons (Fsp3) is 0.400. The van der Waals surface area contributed by atoms with Crippen molar-refractivity contribution in [2.24, 2.45) is 0 Å². The second kappa shape index (κ2) is 4.00. The first kappa shape index (κ1) is 8.91. The van der Waals surface area contributed by atoms with Gasteiger partial charge in [0.25, 0.3) is 0 Å². The summed E-state index contributed by atoms with van der Waals surface area (Å²) in [5.41, 5.74) is 1.28. The maximum atomic E-state index is 2.21. The van der Waals surface area contributed by atoms with Crippen LogP contribution in [0.4, 0.5) is 0 Å². The van der Waals surface area contributed by atoms with Crippen molar-refractivity contribution in [1.82, 2.24) is 9.80 Å². The van der Waals surface area contributed by atoms with Crippen molar-refractivity contribution in [3.8, 4) is 0 Å². The Kier molecular flexibility index (Phi) is 2.97. The van der Waals surface area contributed by atoms with Crippen LogP contribution in [-0.4, -0.2) is 23.5 Å². The third kappa shape index (κ3) is 1.70. The molecular weight excluding hydrogens is 148 g/mol. The van der Waals surface area contributed by atoms with Crippen LogP contribution in [0.3, 0.4) is 0 Å². The van der Waals surface area contributed by atoms with Crippen molar-refractivity contribution in [2.75, 3.05) is 13.7 Å². The second-order valence-electron chi connectivity index (χ2n) is 2.62. The third-order valence-electron chi connectivity index (χ3n) is 1.70. The largest absolute Gasteiger partial charge is 0.361 e. The van der Waals surface area contributed by atoms with Crippen molar-refractivity contribution in [1.29, 1.82) is 0 Å². The zero-order valence-electron chi connectivity index (χ0n) is 7.99. The molecule has 2 heterocycles. The molecule has 2 nitrogen and oxygen atoms in total. The molecule has 0 atom stereocenters. The van der Waals surface area contributed by atoms with Gasteiger partial charge in [-0.3, -0.25) is 0 Å². The van der Waals surface area contributed by atoms with Crippen LogP contribution in [0.25, 0.3) is 0 Å². The van der Waals surface area contributed by atoms with Crippen molar-refractivity contribution < 1.29 is 0 Å². The van der Waals surface area contributed by atoms with Crippen LogP contribution in [0.5, 0.6) is 0 Å². The molecule has 0 radical (unpaired) electrons. The summed E-state index contributed by atoms with van der Waals surface area (Å²) in [6, 6.07) is 0. The standard InChI is InChI=1S/C8H10N2.C2H6/c1-9-6-8-4-2-3-5-10(8)7-9;1-2/h2-6H,7H2,1H3;1-2H3. The van der Waals surface area contributed by atoms with E-state index in [1.807, 2.05) is 13.8 Å². The SMILES string of the molecule is CC.CN1C=C2C=CC=CN2C1. The van der Waals surface area contributed by atoms with Gasteiger partial charge in [0.05, 0.1) is 12.4 Å². The number of hydrogen-bond donors (Lipinski definition) is 0. The molecule has 0 aromatic heterocycles. The Morgan fingerprint density at radius 3 is 2.67 bits per heavy atom. The topological polar surface area (TPSA) is 6.48 Å². The van der Waals surface area contributed by atoms with Gasteiger partial charge in [-0.1, -0.05) is 19.9 Å². The van der Waals surface area contributed by atoms with Gasteiger partial charge in [-0.25, -0.2) is 0 Å². The zero-order valence-corrected chi connectivity index (χ0v) is 7.99. The quantitative estimate of drug-likeness (QED) is 0.541. The van der Waals surface area contributed by atoms with E-state index in [4.69, 9.17) is 0 Å². The summed E-state index contributed by atoms with van der Waals surface area (Å²) in [6.07, 6.45) is 10.5. The Balaban J connectivity index is 0.000000336. The first-order chi connectivity index (χ1) is 5.86. The van der Waals surface area contributed by atoms with Gasteiger partial charge in [-0.05, 0) is 12.2 Å². The molecule has 2 heteroatoms. The van der Waals surface area contributed by atoms with Gasteiger partial charge >= 0.3 is 0 Å². The van der Waals surface area contributed by atoms with Gasteiger partial charge in [0.15, 0.2) is 0 Å². The number of rotatable bonds is 0. The van der Waals surface area contributed by atoms with E-state index in [0.29, 0.717) is 0 Å². The molecule has 0 saturated heterocycles. The molecule has 66 valence electrons. The Morgan fingerprint density at radius 2 is 2.00 bits per heavy atom. The first-order valence-corrected chi connectivity index (χ1v) is 4.40. The second-order valence-corrected chi connectivity index (χ2v) is 2.62. The van der Waals surface area contributed by atoms with Crippen molar-refractivity contribution in [3.05, 3.63) is 36.3 Å². The molecule has 0 N–H and O–H groups in total. The summed E-state index contributed by atoms with van der Waals surface area (Å²) >= 11 is 0. The van der Waals surface area contributed by atoms with E-state index in [9.17, 15) is 0 Å². The lowest BCUT2D eigenvalue weighted by Crippen LogP contribution is -2.19. The first-order valence-electron chi connectivity index (χ1n) is 4.40. The minimum absolute atomic E-state index is 0.982. The molecular formula is C10H16N2. The fourth-order valence-corrected chi connectivity index (χ4v) is 1.24. The Morgan fingerprint density at radius 1 is 1.25 bits per heavy atom. The molecule has 0 aromatic carbocycles. The van der Waals surface area contributed by atoms with Crippen LogP contribution in [-0.2, 0) is 0 Å². The average molecular weight is 164 g/mol. The average Bonchev–Trinajstić information content (AvgIpc) is 2.48. The minimum atomic E-state index is 0.982. The van der Waals surface area contributed by atoms with E-state index in [-0.39, 0.29) is 0 Å². The normalized spacial score (nSPS) is 18.4. The van der Waals surface area contributed by atoms with Crippen molar-refractivity contribution in [2.45, 2.75) is 13.8 Å². The molecule has 0 aliphatic carbocycles. The minimum Gasteiger partial charge on any atom is -0.361 e. The zero-order chi connectivity index (χ0) is 8.97. The summed E-state index contributed by atoms with van der Waals surface area (Å²) in [5, 5.41) is 0. The van der Waals surface area contributed by atoms with Gasteiger partial charge in [0.1, 0.15) is 0 Å². The molecule has 0 fully saturated rings. The highest BCUT2D eigenvalue weighted by Crippen LogP contribution is 2.18. The molecule has 0 aromatic rings. The summed E-state index contributed by atoms with van der Waals surface area (Å²) in [4.78, 5) is 4.37.